The van der Waals surface area contributed by atoms with E-state index in [2.05, 4.69) is 34.6 Å². The monoisotopic (exact) mass is 366 g/mol. The van der Waals surface area contributed by atoms with Crippen LogP contribution < -0.4 is 10.6 Å². The summed E-state index contributed by atoms with van der Waals surface area (Å²) in [5.41, 5.74) is 2.15. The van der Waals surface area contributed by atoms with Crippen molar-refractivity contribution in [3.05, 3.63) is 17.0 Å². The van der Waals surface area contributed by atoms with Gasteiger partial charge in [-0.15, -0.1) is 24.0 Å². The first-order chi connectivity index (χ1) is 8.04. The van der Waals surface area contributed by atoms with Crippen molar-refractivity contribution in [1.29, 1.82) is 0 Å². The Bertz CT molecular complexity index is 368. The third-order valence-corrected chi connectivity index (χ3v) is 2.50. The highest BCUT2D eigenvalue weighted by Gasteiger charge is 2.08. The molecule has 1 aromatic heterocycles. The predicted octanol–water partition coefficient (Wildman–Crippen LogP) is 2.03. The number of aliphatic imine (C=N–C) groups is 1. The second kappa shape index (κ2) is 8.34. The lowest BCUT2D eigenvalue weighted by Gasteiger charge is -2.14. The summed E-state index contributed by atoms with van der Waals surface area (Å²) in [6.07, 6.45) is 0.889. The third kappa shape index (κ3) is 5.24. The van der Waals surface area contributed by atoms with Gasteiger partial charge in [-0.1, -0.05) is 5.16 Å². The van der Waals surface area contributed by atoms with Crippen molar-refractivity contribution in [1.82, 2.24) is 15.8 Å². The standard InChI is InChI=1S/C12H22N4O.HI/c1-8(2)15-12(13-5)14-7-6-11-9(3)16-17-10(11)4;/h8H,6-7H2,1-5H3,(H2,13,14,15);1H. The van der Waals surface area contributed by atoms with Crippen molar-refractivity contribution in [3.63, 3.8) is 0 Å². The number of hydrogen-bond acceptors (Lipinski definition) is 3. The summed E-state index contributed by atoms with van der Waals surface area (Å²) in [4.78, 5) is 4.15. The zero-order valence-corrected chi connectivity index (χ0v) is 14.0. The molecule has 0 aliphatic rings. The van der Waals surface area contributed by atoms with Crippen molar-refractivity contribution in [2.24, 2.45) is 4.99 Å². The molecule has 0 saturated heterocycles. The van der Waals surface area contributed by atoms with Crippen LogP contribution in [0, 0.1) is 13.8 Å². The van der Waals surface area contributed by atoms with Crippen LogP contribution in [0.2, 0.25) is 0 Å². The summed E-state index contributed by atoms with van der Waals surface area (Å²) in [5.74, 6) is 1.72. The summed E-state index contributed by atoms with van der Waals surface area (Å²) in [5, 5.41) is 10.4. The van der Waals surface area contributed by atoms with Gasteiger partial charge in [0.05, 0.1) is 5.69 Å². The van der Waals surface area contributed by atoms with Crippen molar-refractivity contribution in [2.45, 2.75) is 40.2 Å². The van der Waals surface area contributed by atoms with Gasteiger partial charge in [0.2, 0.25) is 0 Å². The van der Waals surface area contributed by atoms with Crippen LogP contribution in [0.3, 0.4) is 0 Å². The molecule has 0 aliphatic heterocycles. The van der Waals surface area contributed by atoms with E-state index < -0.39 is 0 Å². The minimum Gasteiger partial charge on any atom is -0.361 e. The molecule has 0 aromatic carbocycles. The molecule has 0 radical (unpaired) electrons. The molecule has 5 nitrogen and oxygen atoms in total. The Hall–Kier alpha value is -0.790. The number of nitrogens with one attached hydrogen (secondary N) is 2. The average molecular weight is 366 g/mol. The summed E-state index contributed by atoms with van der Waals surface area (Å²) < 4.78 is 5.12. The van der Waals surface area contributed by atoms with E-state index in [0.29, 0.717) is 6.04 Å². The van der Waals surface area contributed by atoms with Crippen molar-refractivity contribution >= 4 is 29.9 Å². The molecular weight excluding hydrogens is 343 g/mol. The molecule has 104 valence electrons. The number of rotatable bonds is 4. The van der Waals surface area contributed by atoms with E-state index in [1.54, 1.807) is 7.05 Å². The zero-order valence-electron chi connectivity index (χ0n) is 11.7. The van der Waals surface area contributed by atoms with E-state index in [9.17, 15) is 0 Å². The fraction of sp³-hybridized carbons (Fsp3) is 0.667. The Labute approximate surface area is 126 Å². The third-order valence-electron chi connectivity index (χ3n) is 2.50. The number of aryl methyl sites for hydroxylation is 2. The SMILES string of the molecule is CN=C(NCCc1c(C)noc1C)NC(C)C.I. The molecule has 6 heteroatoms. The van der Waals surface area contributed by atoms with Gasteiger partial charge in [0.25, 0.3) is 0 Å². The summed E-state index contributed by atoms with van der Waals surface area (Å²) in [6.45, 7) is 8.89. The lowest BCUT2D eigenvalue weighted by Crippen LogP contribution is -2.41. The van der Waals surface area contributed by atoms with Gasteiger partial charge < -0.3 is 15.2 Å². The number of halogens is 1. The van der Waals surface area contributed by atoms with Gasteiger partial charge >= 0.3 is 0 Å². The minimum absolute atomic E-state index is 0. The van der Waals surface area contributed by atoms with Gasteiger partial charge in [-0.25, -0.2) is 0 Å². The Morgan fingerprint density at radius 2 is 2.06 bits per heavy atom. The molecule has 0 bridgehead atoms. The van der Waals surface area contributed by atoms with Crippen LogP contribution in [-0.4, -0.2) is 30.8 Å². The molecule has 18 heavy (non-hydrogen) atoms. The molecule has 0 fully saturated rings. The summed E-state index contributed by atoms with van der Waals surface area (Å²) in [6, 6.07) is 0.375. The lowest BCUT2D eigenvalue weighted by molar-refractivity contribution is 0.392. The molecule has 1 rings (SSSR count). The number of hydrogen-bond donors (Lipinski definition) is 2. The molecule has 1 heterocycles. The highest BCUT2D eigenvalue weighted by atomic mass is 127. The maximum absolute atomic E-state index is 5.12. The number of nitrogens with zero attached hydrogens (tertiary/aromatic N) is 2. The molecule has 0 aliphatic carbocycles. The highest BCUT2D eigenvalue weighted by molar-refractivity contribution is 14.0. The molecule has 0 amide bonds. The molecular formula is C12H23IN4O. The minimum atomic E-state index is 0. The van der Waals surface area contributed by atoms with E-state index in [4.69, 9.17) is 4.52 Å². The van der Waals surface area contributed by atoms with Crippen LogP contribution in [0.5, 0.6) is 0 Å². The molecule has 1 aromatic rings. The van der Waals surface area contributed by atoms with Gasteiger partial charge in [0, 0.05) is 25.2 Å². The fourth-order valence-corrected chi connectivity index (χ4v) is 1.63. The van der Waals surface area contributed by atoms with Gasteiger partial charge in [-0.05, 0) is 34.1 Å². The lowest BCUT2D eigenvalue weighted by atomic mass is 10.1. The molecule has 0 unspecified atom stereocenters. The Morgan fingerprint density at radius 3 is 2.50 bits per heavy atom. The Morgan fingerprint density at radius 1 is 1.39 bits per heavy atom. The number of guanidine groups is 1. The van der Waals surface area contributed by atoms with Crippen molar-refractivity contribution in [2.75, 3.05) is 13.6 Å². The molecule has 0 saturated carbocycles. The molecule has 0 atom stereocenters. The van der Waals surface area contributed by atoms with Crippen LogP contribution in [-0.2, 0) is 6.42 Å². The first-order valence-electron chi connectivity index (χ1n) is 5.93. The van der Waals surface area contributed by atoms with E-state index in [1.165, 1.54) is 5.56 Å². The van der Waals surface area contributed by atoms with Crippen molar-refractivity contribution < 1.29 is 4.52 Å². The van der Waals surface area contributed by atoms with E-state index in [1.807, 2.05) is 13.8 Å². The molecule has 0 spiro atoms. The van der Waals surface area contributed by atoms with Crippen LogP contribution in [0.25, 0.3) is 0 Å². The van der Waals surface area contributed by atoms with Crippen LogP contribution in [0.15, 0.2) is 9.52 Å². The van der Waals surface area contributed by atoms with Gasteiger partial charge in [-0.2, -0.15) is 0 Å². The summed E-state index contributed by atoms with van der Waals surface area (Å²) in [7, 11) is 1.77. The first kappa shape index (κ1) is 17.2. The van der Waals surface area contributed by atoms with Crippen molar-refractivity contribution in [3.8, 4) is 0 Å². The van der Waals surface area contributed by atoms with E-state index >= 15 is 0 Å². The van der Waals surface area contributed by atoms with Crippen LogP contribution in [0.1, 0.15) is 30.9 Å². The second-order valence-corrected chi connectivity index (χ2v) is 4.35. The predicted molar refractivity (Wildman–Crippen MR) is 84.7 cm³/mol. The maximum atomic E-state index is 5.12. The number of aromatic nitrogens is 1. The van der Waals surface area contributed by atoms with Gasteiger partial charge in [0.15, 0.2) is 5.96 Å². The van der Waals surface area contributed by atoms with E-state index in [0.717, 1.165) is 30.4 Å². The Balaban J connectivity index is 0.00000289. The highest BCUT2D eigenvalue weighted by Crippen LogP contribution is 2.11. The largest absolute Gasteiger partial charge is 0.361 e. The Kier molecular flexibility index (Phi) is 7.97. The van der Waals surface area contributed by atoms with Crippen LogP contribution >= 0.6 is 24.0 Å². The van der Waals surface area contributed by atoms with Crippen LogP contribution in [0.4, 0.5) is 0 Å². The van der Waals surface area contributed by atoms with Gasteiger partial charge in [0.1, 0.15) is 5.76 Å². The molecule has 2 N–H and O–H groups in total. The zero-order chi connectivity index (χ0) is 12.8. The second-order valence-electron chi connectivity index (χ2n) is 4.35. The summed E-state index contributed by atoms with van der Waals surface area (Å²) >= 11 is 0. The topological polar surface area (TPSA) is 62.5 Å². The quantitative estimate of drug-likeness (QED) is 0.486. The van der Waals surface area contributed by atoms with Gasteiger partial charge in [-0.3, -0.25) is 4.99 Å². The first-order valence-corrected chi connectivity index (χ1v) is 5.93. The fourth-order valence-electron chi connectivity index (χ4n) is 1.63. The maximum Gasteiger partial charge on any atom is 0.191 e. The van der Waals surface area contributed by atoms with E-state index in [-0.39, 0.29) is 24.0 Å². The normalized spacial score (nSPS) is 11.3. The average Bonchev–Trinajstić information content (AvgIpc) is 2.58. The smallest absolute Gasteiger partial charge is 0.191 e.